The third-order valence-electron chi connectivity index (χ3n) is 6.21. The summed E-state index contributed by atoms with van der Waals surface area (Å²) >= 11 is 5.43. The van der Waals surface area contributed by atoms with E-state index in [1.54, 1.807) is 7.11 Å². The first-order chi connectivity index (χ1) is 17.1. The lowest BCUT2D eigenvalue weighted by Gasteiger charge is -2.34. The summed E-state index contributed by atoms with van der Waals surface area (Å²) in [6.07, 6.45) is 6.76. The van der Waals surface area contributed by atoms with Crippen molar-refractivity contribution in [3.63, 3.8) is 0 Å². The average Bonchev–Trinajstić information content (AvgIpc) is 3.28. The van der Waals surface area contributed by atoms with Crippen molar-refractivity contribution in [2.24, 2.45) is 0 Å². The Morgan fingerprint density at radius 3 is 2.51 bits per heavy atom. The van der Waals surface area contributed by atoms with Crippen LogP contribution in [0.4, 0.5) is 5.69 Å². The summed E-state index contributed by atoms with van der Waals surface area (Å²) in [5.41, 5.74) is 2.02. The van der Waals surface area contributed by atoms with Crippen molar-refractivity contribution in [1.29, 1.82) is 0 Å². The molecule has 0 amide bonds. The van der Waals surface area contributed by atoms with Gasteiger partial charge in [-0.1, -0.05) is 0 Å². The lowest BCUT2D eigenvalue weighted by molar-refractivity contribution is 0.110. The molecule has 0 spiro atoms. The number of thiocarbonyl (C=S) groups is 1. The molecule has 0 aliphatic carbocycles. The molecule has 1 aromatic carbocycles. The van der Waals surface area contributed by atoms with Crippen LogP contribution in [0.2, 0.25) is 0 Å². The van der Waals surface area contributed by atoms with Gasteiger partial charge in [0.1, 0.15) is 0 Å². The quantitative estimate of drug-likeness (QED) is 0.265. The highest BCUT2D eigenvalue weighted by Gasteiger charge is 2.15. The van der Waals surface area contributed by atoms with E-state index in [0.717, 1.165) is 88.8 Å². The molecule has 1 aliphatic heterocycles. The fourth-order valence-electron chi connectivity index (χ4n) is 4.11. The Balaban J connectivity index is 1.31. The number of aryl methyl sites for hydroxylation is 2. The average molecular weight is 505 g/mol. The predicted molar refractivity (Wildman–Crippen MR) is 143 cm³/mol. The topological polar surface area (TPSA) is 87.1 Å². The van der Waals surface area contributed by atoms with Crippen LogP contribution in [0.1, 0.15) is 25.0 Å². The van der Waals surface area contributed by atoms with Crippen LogP contribution in [0.3, 0.4) is 0 Å². The minimum absolute atomic E-state index is 0.245. The van der Waals surface area contributed by atoms with E-state index in [0.29, 0.717) is 17.5 Å². The zero-order valence-corrected chi connectivity index (χ0v) is 21.9. The number of piperazine rings is 1. The number of unbranched alkanes of at least 4 members (excludes halogenated alkanes) is 1. The highest BCUT2D eigenvalue weighted by atomic mass is 32.1. The standard InChI is InChI=1S/C25H40N6O3S/c1-21-19-26-20-31(21)10-5-8-27-25(35)28-22-6-7-23(24(18-22)33-2)34-17-4-3-9-29-11-13-30(14-12-29)15-16-32/h6-7,18-20,32H,3-5,8-17H2,1-2H3,(H2,27,28,35). The molecule has 10 heteroatoms. The highest BCUT2D eigenvalue weighted by Crippen LogP contribution is 2.30. The Bertz CT molecular complexity index is 901. The minimum Gasteiger partial charge on any atom is -0.493 e. The largest absolute Gasteiger partial charge is 0.493 e. The van der Waals surface area contributed by atoms with Gasteiger partial charge < -0.3 is 34.7 Å². The summed E-state index contributed by atoms with van der Waals surface area (Å²) in [7, 11) is 1.65. The van der Waals surface area contributed by atoms with Gasteiger partial charge in [-0.2, -0.15) is 0 Å². The predicted octanol–water partition coefficient (Wildman–Crippen LogP) is 2.35. The maximum absolute atomic E-state index is 9.05. The molecule has 2 aromatic rings. The first-order valence-electron chi connectivity index (χ1n) is 12.5. The number of hydrogen-bond donors (Lipinski definition) is 3. The van der Waals surface area contributed by atoms with E-state index in [1.807, 2.05) is 30.7 Å². The third kappa shape index (κ3) is 9.29. The Morgan fingerprint density at radius 1 is 1.06 bits per heavy atom. The van der Waals surface area contributed by atoms with Gasteiger partial charge in [0.05, 0.1) is 26.7 Å². The summed E-state index contributed by atoms with van der Waals surface area (Å²) in [6.45, 7) is 10.7. The lowest BCUT2D eigenvalue weighted by Crippen LogP contribution is -2.47. The Morgan fingerprint density at radius 2 is 1.83 bits per heavy atom. The number of rotatable bonds is 14. The molecule has 2 heterocycles. The second kappa shape index (κ2) is 14.9. The van der Waals surface area contributed by atoms with Crippen LogP contribution >= 0.6 is 12.2 Å². The molecule has 0 radical (unpaired) electrons. The van der Waals surface area contributed by atoms with Gasteiger partial charge in [-0.05, 0) is 57.1 Å². The number of nitrogens with one attached hydrogen (secondary N) is 2. The monoisotopic (exact) mass is 504 g/mol. The smallest absolute Gasteiger partial charge is 0.170 e. The molecule has 1 saturated heterocycles. The van der Waals surface area contributed by atoms with Gasteiger partial charge in [0.2, 0.25) is 0 Å². The molecular weight excluding hydrogens is 464 g/mol. The molecule has 0 bridgehead atoms. The summed E-state index contributed by atoms with van der Waals surface area (Å²) in [5, 5.41) is 16.1. The van der Waals surface area contributed by atoms with Crippen LogP contribution in [0.5, 0.6) is 11.5 Å². The SMILES string of the molecule is COc1cc(NC(=S)NCCCn2cncc2C)ccc1OCCCCN1CCN(CCO)CC1. The molecule has 9 nitrogen and oxygen atoms in total. The zero-order chi connectivity index (χ0) is 24.9. The van der Waals surface area contributed by atoms with E-state index in [4.69, 9.17) is 26.8 Å². The van der Waals surface area contributed by atoms with E-state index in [-0.39, 0.29) is 6.61 Å². The number of methoxy groups -OCH3 is 1. The van der Waals surface area contributed by atoms with Crippen molar-refractivity contribution in [3.05, 3.63) is 36.4 Å². The van der Waals surface area contributed by atoms with Crippen LogP contribution in [-0.4, -0.2) is 95.7 Å². The van der Waals surface area contributed by atoms with E-state index < -0.39 is 0 Å². The van der Waals surface area contributed by atoms with Gasteiger partial charge >= 0.3 is 0 Å². The number of aliphatic hydroxyl groups excluding tert-OH is 1. The third-order valence-corrected chi connectivity index (χ3v) is 6.46. The van der Waals surface area contributed by atoms with Crippen molar-refractivity contribution in [3.8, 4) is 11.5 Å². The maximum atomic E-state index is 9.05. The number of ether oxygens (including phenoxy) is 2. The number of aromatic nitrogens is 2. The molecule has 0 atom stereocenters. The van der Waals surface area contributed by atoms with Crippen LogP contribution in [0.25, 0.3) is 0 Å². The lowest BCUT2D eigenvalue weighted by atomic mass is 10.2. The Labute approximate surface area is 214 Å². The number of nitrogens with zero attached hydrogens (tertiary/aromatic N) is 4. The molecule has 0 unspecified atom stereocenters. The van der Waals surface area contributed by atoms with E-state index in [9.17, 15) is 0 Å². The fourth-order valence-corrected chi connectivity index (χ4v) is 4.33. The van der Waals surface area contributed by atoms with Crippen molar-refractivity contribution >= 4 is 23.0 Å². The number of β-amino-alcohol motifs (C(OH)–C–C–N with tert-alkyl or cyclic N) is 1. The molecule has 3 rings (SSSR count). The van der Waals surface area contributed by atoms with Crippen molar-refractivity contribution in [1.82, 2.24) is 24.7 Å². The molecule has 1 aromatic heterocycles. The zero-order valence-electron chi connectivity index (χ0n) is 21.0. The summed E-state index contributed by atoms with van der Waals surface area (Å²) < 4.78 is 13.6. The molecule has 35 heavy (non-hydrogen) atoms. The normalized spacial score (nSPS) is 14.6. The summed E-state index contributed by atoms with van der Waals surface area (Å²) in [5.74, 6) is 1.43. The fraction of sp³-hybridized carbons (Fsp3) is 0.600. The second-order valence-electron chi connectivity index (χ2n) is 8.79. The number of aliphatic hydroxyl groups is 1. The van der Waals surface area contributed by atoms with Gasteiger partial charge in [0, 0.05) is 69.5 Å². The number of imidazole rings is 1. The van der Waals surface area contributed by atoms with Gasteiger partial charge in [0.25, 0.3) is 0 Å². The van der Waals surface area contributed by atoms with Crippen LogP contribution in [0, 0.1) is 6.92 Å². The number of hydrogen-bond acceptors (Lipinski definition) is 7. The maximum Gasteiger partial charge on any atom is 0.170 e. The van der Waals surface area contributed by atoms with Gasteiger partial charge in [-0.25, -0.2) is 4.98 Å². The molecule has 0 saturated carbocycles. The summed E-state index contributed by atoms with van der Waals surface area (Å²) in [6, 6.07) is 5.78. The Kier molecular flexibility index (Phi) is 11.6. The van der Waals surface area contributed by atoms with Gasteiger partial charge in [-0.15, -0.1) is 0 Å². The molecule has 1 aliphatic rings. The summed E-state index contributed by atoms with van der Waals surface area (Å²) in [4.78, 5) is 8.95. The van der Waals surface area contributed by atoms with Crippen molar-refractivity contribution in [2.45, 2.75) is 32.7 Å². The molecule has 3 N–H and O–H groups in total. The van der Waals surface area contributed by atoms with Gasteiger partial charge in [0.15, 0.2) is 16.6 Å². The molecule has 194 valence electrons. The number of benzene rings is 1. The number of anilines is 1. The molecule has 1 fully saturated rings. The second-order valence-corrected chi connectivity index (χ2v) is 9.20. The van der Waals surface area contributed by atoms with Crippen LogP contribution in [0.15, 0.2) is 30.7 Å². The van der Waals surface area contributed by atoms with Crippen LogP contribution < -0.4 is 20.1 Å². The van der Waals surface area contributed by atoms with E-state index in [2.05, 4.69) is 36.9 Å². The van der Waals surface area contributed by atoms with Crippen molar-refractivity contribution in [2.75, 3.05) is 71.5 Å². The van der Waals surface area contributed by atoms with E-state index >= 15 is 0 Å². The van der Waals surface area contributed by atoms with Crippen LogP contribution in [-0.2, 0) is 6.54 Å². The Hall–Kier alpha value is -2.40. The van der Waals surface area contributed by atoms with Crippen molar-refractivity contribution < 1.29 is 14.6 Å². The van der Waals surface area contributed by atoms with E-state index in [1.165, 1.54) is 0 Å². The molecular formula is C25H40N6O3S. The first-order valence-corrected chi connectivity index (χ1v) is 12.9. The minimum atomic E-state index is 0.245. The van der Waals surface area contributed by atoms with Gasteiger partial charge in [-0.3, -0.25) is 4.90 Å². The first kappa shape index (κ1) is 27.2. The highest BCUT2D eigenvalue weighted by molar-refractivity contribution is 7.80.